The molecule has 0 fully saturated rings. The Hall–Kier alpha value is -1.45. The van der Waals surface area contributed by atoms with Crippen LogP contribution in [0.25, 0.3) is 0 Å². The molecule has 1 rings (SSSR count). The van der Waals surface area contributed by atoms with Gasteiger partial charge in [-0.25, -0.2) is 8.78 Å². The van der Waals surface area contributed by atoms with Crippen LogP contribution in [-0.4, -0.2) is 6.21 Å². The summed E-state index contributed by atoms with van der Waals surface area (Å²) in [6.45, 7) is 1.70. The number of nitrogens with zero attached hydrogens (tertiary/aromatic N) is 1. The van der Waals surface area contributed by atoms with Crippen LogP contribution in [0.3, 0.4) is 0 Å². The molecule has 0 aliphatic carbocycles. The molecule has 0 spiro atoms. The lowest BCUT2D eigenvalue weighted by Gasteiger charge is -2.02. The molecular formula is C10H11F2NO. The second kappa shape index (κ2) is 5.32. The number of hydrogen-bond donors (Lipinski definition) is 0. The van der Waals surface area contributed by atoms with Crippen molar-refractivity contribution in [2.75, 3.05) is 0 Å². The number of benzene rings is 1. The van der Waals surface area contributed by atoms with Gasteiger partial charge in [0.15, 0.2) is 0 Å². The van der Waals surface area contributed by atoms with E-state index in [1.54, 1.807) is 0 Å². The van der Waals surface area contributed by atoms with Crippen molar-refractivity contribution in [3.8, 4) is 0 Å². The Bertz CT molecular complexity index is 306. The van der Waals surface area contributed by atoms with Crippen LogP contribution < -0.4 is 0 Å². The lowest BCUT2D eigenvalue weighted by molar-refractivity contribution is 0.126. The van der Waals surface area contributed by atoms with E-state index < -0.39 is 11.6 Å². The van der Waals surface area contributed by atoms with E-state index in [0.717, 1.165) is 6.42 Å². The van der Waals surface area contributed by atoms with E-state index in [0.29, 0.717) is 0 Å². The van der Waals surface area contributed by atoms with E-state index in [9.17, 15) is 8.78 Å². The van der Waals surface area contributed by atoms with Crippen LogP contribution in [-0.2, 0) is 11.4 Å². The largest absolute Gasteiger partial charge is 0.391 e. The molecule has 0 aliphatic heterocycles. The van der Waals surface area contributed by atoms with Gasteiger partial charge >= 0.3 is 0 Å². The van der Waals surface area contributed by atoms with Crippen LogP contribution in [0.1, 0.15) is 18.9 Å². The average molecular weight is 199 g/mol. The van der Waals surface area contributed by atoms with Gasteiger partial charge in [-0.15, -0.1) is 0 Å². The summed E-state index contributed by atoms with van der Waals surface area (Å²) in [7, 11) is 0. The third-order valence-electron chi connectivity index (χ3n) is 1.60. The Morgan fingerprint density at radius 1 is 1.36 bits per heavy atom. The fourth-order valence-corrected chi connectivity index (χ4v) is 0.899. The molecular weight excluding hydrogens is 188 g/mol. The standard InChI is InChI=1S/C10H11F2NO/c1-2-6-13-14-7-8-9(11)4-3-5-10(8)12/h3-6H,2,7H2,1H3. The van der Waals surface area contributed by atoms with E-state index in [1.807, 2.05) is 6.92 Å². The predicted octanol–water partition coefficient (Wildman–Crippen LogP) is 2.88. The Labute approximate surface area is 81.2 Å². The summed E-state index contributed by atoms with van der Waals surface area (Å²) in [6.07, 6.45) is 2.25. The lowest BCUT2D eigenvalue weighted by atomic mass is 10.2. The Morgan fingerprint density at radius 2 is 2.00 bits per heavy atom. The predicted molar refractivity (Wildman–Crippen MR) is 49.9 cm³/mol. The molecule has 1 aromatic rings. The maximum Gasteiger partial charge on any atom is 0.147 e. The van der Waals surface area contributed by atoms with Crippen molar-refractivity contribution in [1.29, 1.82) is 0 Å². The highest BCUT2D eigenvalue weighted by atomic mass is 19.1. The van der Waals surface area contributed by atoms with Crippen LogP contribution in [0.4, 0.5) is 8.78 Å². The van der Waals surface area contributed by atoms with E-state index in [4.69, 9.17) is 4.84 Å². The van der Waals surface area contributed by atoms with Crippen molar-refractivity contribution < 1.29 is 13.6 Å². The summed E-state index contributed by atoms with van der Waals surface area (Å²) in [5.74, 6) is -1.23. The van der Waals surface area contributed by atoms with Crippen molar-refractivity contribution in [2.45, 2.75) is 20.0 Å². The molecule has 0 radical (unpaired) electrons. The molecule has 1 aromatic carbocycles. The van der Waals surface area contributed by atoms with Crippen molar-refractivity contribution >= 4 is 6.21 Å². The fraction of sp³-hybridized carbons (Fsp3) is 0.300. The first kappa shape index (κ1) is 10.6. The van der Waals surface area contributed by atoms with Gasteiger partial charge < -0.3 is 4.84 Å². The molecule has 4 heteroatoms. The summed E-state index contributed by atoms with van der Waals surface area (Å²) >= 11 is 0. The van der Waals surface area contributed by atoms with Gasteiger partial charge in [-0.05, 0) is 18.6 Å². The molecule has 0 saturated heterocycles. The minimum absolute atomic E-state index is 0.0965. The zero-order valence-corrected chi connectivity index (χ0v) is 7.84. The van der Waals surface area contributed by atoms with Crippen LogP contribution in [0.2, 0.25) is 0 Å². The normalized spacial score (nSPS) is 10.8. The highest BCUT2D eigenvalue weighted by Gasteiger charge is 2.07. The summed E-state index contributed by atoms with van der Waals surface area (Å²) < 4.78 is 26.0. The van der Waals surface area contributed by atoms with E-state index in [2.05, 4.69) is 5.16 Å². The first-order valence-electron chi connectivity index (χ1n) is 4.32. The molecule has 0 N–H and O–H groups in total. The van der Waals surface area contributed by atoms with Gasteiger partial charge in [-0.2, -0.15) is 0 Å². The van der Waals surface area contributed by atoms with E-state index in [-0.39, 0.29) is 12.2 Å². The third-order valence-corrected chi connectivity index (χ3v) is 1.60. The van der Waals surface area contributed by atoms with Gasteiger partial charge in [0.2, 0.25) is 0 Å². The second-order valence-corrected chi connectivity index (χ2v) is 2.67. The molecule has 0 saturated carbocycles. The molecule has 0 unspecified atom stereocenters. The van der Waals surface area contributed by atoms with E-state index in [1.165, 1.54) is 24.4 Å². The topological polar surface area (TPSA) is 21.6 Å². The molecule has 0 amide bonds. The van der Waals surface area contributed by atoms with Gasteiger partial charge in [0.05, 0.1) is 5.56 Å². The molecule has 0 heterocycles. The van der Waals surface area contributed by atoms with Gasteiger partial charge in [0.25, 0.3) is 0 Å². The number of hydrogen-bond acceptors (Lipinski definition) is 2. The second-order valence-electron chi connectivity index (χ2n) is 2.67. The van der Waals surface area contributed by atoms with Crippen LogP contribution in [0.15, 0.2) is 23.4 Å². The summed E-state index contributed by atoms with van der Waals surface area (Å²) in [5.41, 5.74) is -0.0965. The minimum atomic E-state index is -0.614. The van der Waals surface area contributed by atoms with Crippen molar-refractivity contribution in [3.63, 3.8) is 0 Å². The Kier molecular flexibility index (Phi) is 4.04. The Morgan fingerprint density at radius 3 is 2.57 bits per heavy atom. The van der Waals surface area contributed by atoms with E-state index >= 15 is 0 Å². The highest BCUT2D eigenvalue weighted by molar-refractivity contribution is 5.55. The molecule has 2 nitrogen and oxygen atoms in total. The van der Waals surface area contributed by atoms with Gasteiger partial charge in [0, 0.05) is 6.21 Å². The van der Waals surface area contributed by atoms with Crippen molar-refractivity contribution in [3.05, 3.63) is 35.4 Å². The quantitative estimate of drug-likeness (QED) is 0.539. The van der Waals surface area contributed by atoms with Crippen molar-refractivity contribution in [2.24, 2.45) is 5.16 Å². The van der Waals surface area contributed by atoms with Crippen LogP contribution in [0.5, 0.6) is 0 Å². The molecule has 76 valence electrons. The molecule has 14 heavy (non-hydrogen) atoms. The lowest BCUT2D eigenvalue weighted by Crippen LogP contribution is -1.96. The minimum Gasteiger partial charge on any atom is -0.391 e. The fourth-order valence-electron chi connectivity index (χ4n) is 0.899. The third kappa shape index (κ3) is 2.80. The molecule has 0 aromatic heterocycles. The SMILES string of the molecule is CCC=NOCc1c(F)cccc1F. The summed E-state index contributed by atoms with van der Waals surface area (Å²) in [5, 5.41) is 3.51. The highest BCUT2D eigenvalue weighted by Crippen LogP contribution is 2.12. The maximum absolute atomic E-state index is 13.0. The molecule has 0 bridgehead atoms. The number of oxime groups is 1. The zero-order chi connectivity index (χ0) is 10.4. The average Bonchev–Trinajstić information content (AvgIpc) is 2.16. The Balaban J connectivity index is 2.62. The molecule has 0 atom stereocenters. The first-order chi connectivity index (χ1) is 6.75. The first-order valence-corrected chi connectivity index (χ1v) is 4.32. The van der Waals surface area contributed by atoms with Gasteiger partial charge in [0.1, 0.15) is 18.2 Å². The zero-order valence-electron chi connectivity index (χ0n) is 7.84. The maximum atomic E-state index is 13.0. The van der Waals surface area contributed by atoms with Crippen LogP contribution >= 0.6 is 0 Å². The number of rotatable bonds is 4. The number of halogens is 2. The van der Waals surface area contributed by atoms with Gasteiger partial charge in [-0.1, -0.05) is 18.1 Å². The van der Waals surface area contributed by atoms with Crippen molar-refractivity contribution in [1.82, 2.24) is 0 Å². The summed E-state index contributed by atoms with van der Waals surface area (Å²) in [4.78, 5) is 4.71. The monoisotopic (exact) mass is 199 g/mol. The smallest absolute Gasteiger partial charge is 0.147 e. The molecule has 0 aliphatic rings. The van der Waals surface area contributed by atoms with Crippen LogP contribution in [0, 0.1) is 11.6 Å². The summed E-state index contributed by atoms with van der Waals surface area (Å²) in [6, 6.07) is 3.68. The van der Waals surface area contributed by atoms with Gasteiger partial charge in [-0.3, -0.25) is 0 Å².